The lowest BCUT2D eigenvalue weighted by molar-refractivity contribution is -0.112. The maximum absolute atomic E-state index is 12.2. The summed E-state index contributed by atoms with van der Waals surface area (Å²) < 4.78 is 15.7. The molecule has 0 radical (unpaired) electrons. The Hall–Kier alpha value is -2.31. The van der Waals surface area contributed by atoms with Crippen LogP contribution in [0.15, 0.2) is 12.4 Å². The number of likely N-dealkylation sites (N-methyl/N-ethyl adjacent to an activating group) is 1. The van der Waals surface area contributed by atoms with Gasteiger partial charge in [-0.25, -0.2) is 4.79 Å². The van der Waals surface area contributed by atoms with Crippen LogP contribution in [0.3, 0.4) is 0 Å². The van der Waals surface area contributed by atoms with Crippen LogP contribution in [0.5, 0.6) is 11.5 Å². The number of carbonyl (C=O) groups is 2. The standard InChI is InChI=1S/C15H22N2O5/c1-15(2,3)22-14(19)17(4)10(9-18)13-11(20-5)7-16-8-12(13)21-6/h7-10H,1-6H3. The van der Waals surface area contributed by atoms with Gasteiger partial charge in [-0.1, -0.05) is 0 Å². The molecule has 122 valence electrons. The summed E-state index contributed by atoms with van der Waals surface area (Å²) in [5.41, 5.74) is -0.242. The Balaban J connectivity index is 3.21. The molecule has 0 N–H and O–H groups in total. The first-order chi connectivity index (χ1) is 10.2. The molecular weight excluding hydrogens is 288 g/mol. The molecule has 0 aromatic carbocycles. The molecule has 1 atom stereocenters. The average molecular weight is 310 g/mol. The Morgan fingerprint density at radius 3 is 2.09 bits per heavy atom. The van der Waals surface area contributed by atoms with E-state index in [2.05, 4.69) is 4.98 Å². The fourth-order valence-corrected chi connectivity index (χ4v) is 1.85. The summed E-state index contributed by atoms with van der Waals surface area (Å²) in [6, 6.07) is -0.914. The molecule has 0 saturated carbocycles. The van der Waals surface area contributed by atoms with Crippen molar-refractivity contribution in [2.24, 2.45) is 0 Å². The Kier molecular flexibility index (Phi) is 5.73. The van der Waals surface area contributed by atoms with Gasteiger partial charge in [0, 0.05) is 7.05 Å². The second-order valence-electron chi connectivity index (χ2n) is 5.63. The zero-order chi connectivity index (χ0) is 16.9. The maximum atomic E-state index is 12.2. The van der Waals surface area contributed by atoms with Crippen LogP contribution in [0.2, 0.25) is 0 Å². The minimum Gasteiger partial charge on any atom is -0.495 e. The van der Waals surface area contributed by atoms with Crippen molar-refractivity contribution in [3.63, 3.8) is 0 Å². The number of hydrogen-bond donors (Lipinski definition) is 0. The SMILES string of the molecule is COc1cncc(OC)c1C(C=O)N(C)C(=O)OC(C)(C)C. The Bertz CT molecular complexity index is 517. The van der Waals surface area contributed by atoms with Crippen LogP contribution in [0, 0.1) is 0 Å². The van der Waals surface area contributed by atoms with Crippen LogP contribution in [-0.2, 0) is 9.53 Å². The average Bonchev–Trinajstić information content (AvgIpc) is 2.46. The van der Waals surface area contributed by atoms with Gasteiger partial charge in [-0.3, -0.25) is 9.88 Å². The molecule has 0 saturated heterocycles. The topological polar surface area (TPSA) is 78.0 Å². The summed E-state index contributed by atoms with van der Waals surface area (Å²) in [4.78, 5) is 28.9. The number of methoxy groups -OCH3 is 2. The highest BCUT2D eigenvalue weighted by Gasteiger charge is 2.30. The van der Waals surface area contributed by atoms with E-state index in [0.29, 0.717) is 23.3 Å². The lowest BCUT2D eigenvalue weighted by Crippen LogP contribution is -2.37. The molecule has 1 aromatic heterocycles. The fourth-order valence-electron chi connectivity index (χ4n) is 1.85. The molecule has 1 amide bonds. The molecular formula is C15H22N2O5. The van der Waals surface area contributed by atoms with E-state index in [1.165, 1.54) is 38.6 Å². The highest BCUT2D eigenvalue weighted by Crippen LogP contribution is 2.35. The number of rotatable bonds is 5. The number of aldehydes is 1. The largest absolute Gasteiger partial charge is 0.495 e. The van der Waals surface area contributed by atoms with Crippen molar-refractivity contribution in [3.8, 4) is 11.5 Å². The Labute approximate surface area is 130 Å². The molecule has 22 heavy (non-hydrogen) atoms. The molecule has 0 fully saturated rings. The zero-order valence-corrected chi connectivity index (χ0v) is 13.7. The quantitative estimate of drug-likeness (QED) is 0.776. The van der Waals surface area contributed by atoms with E-state index in [1.807, 2.05) is 0 Å². The number of carbonyl (C=O) groups excluding carboxylic acids is 2. The van der Waals surface area contributed by atoms with Gasteiger partial charge in [0.1, 0.15) is 29.4 Å². The second kappa shape index (κ2) is 7.11. The lowest BCUT2D eigenvalue weighted by atomic mass is 10.1. The van der Waals surface area contributed by atoms with Crippen molar-refractivity contribution in [2.45, 2.75) is 32.4 Å². The molecule has 1 unspecified atom stereocenters. The maximum Gasteiger partial charge on any atom is 0.410 e. The smallest absolute Gasteiger partial charge is 0.410 e. The van der Waals surface area contributed by atoms with Crippen molar-refractivity contribution < 1.29 is 23.8 Å². The summed E-state index contributed by atoms with van der Waals surface area (Å²) in [5.74, 6) is 0.707. The van der Waals surface area contributed by atoms with Gasteiger partial charge in [0.05, 0.1) is 32.2 Å². The van der Waals surface area contributed by atoms with Crippen LogP contribution in [-0.4, -0.2) is 49.1 Å². The van der Waals surface area contributed by atoms with Crippen LogP contribution in [0.25, 0.3) is 0 Å². The molecule has 0 spiro atoms. The monoisotopic (exact) mass is 310 g/mol. The molecule has 7 heteroatoms. The first-order valence-electron chi connectivity index (χ1n) is 6.72. The number of pyridine rings is 1. The van der Waals surface area contributed by atoms with Gasteiger partial charge in [0.15, 0.2) is 0 Å². The summed E-state index contributed by atoms with van der Waals surface area (Å²) in [5, 5.41) is 0. The van der Waals surface area contributed by atoms with Crippen molar-refractivity contribution in [1.82, 2.24) is 9.88 Å². The predicted octanol–water partition coefficient (Wildman–Crippen LogP) is 2.21. The third kappa shape index (κ3) is 4.09. The van der Waals surface area contributed by atoms with Crippen molar-refractivity contribution in [2.75, 3.05) is 21.3 Å². The van der Waals surface area contributed by atoms with Gasteiger partial charge >= 0.3 is 6.09 Å². The normalized spacial score (nSPS) is 12.3. The number of hydrogen-bond acceptors (Lipinski definition) is 6. The Morgan fingerprint density at radius 2 is 1.73 bits per heavy atom. The van der Waals surface area contributed by atoms with Gasteiger partial charge < -0.3 is 19.0 Å². The van der Waals surface area contributed by atoms with Crippen LogP contribution in [0.4, 0.5) is 4.79 Å². The molecule has 1 heterocycles. The number of ether oxygens (including phenoxy) is 3. The summed E-state index contributed by atoms with van der Waals surface area (Å²) in [6.07, 6.45) is 2.92. The zero-order valence-electron chi connectivity index (χ0n) is 13.7. The summed E-state index contributed by atoms with van der Waals surface area (Å²) in [6.45, 7) is 5.26. The first-order valence-corrected chi connectivity index (χ1v) is 6.72. The van der Waals surface area contributed by atoms with E-state index >= 15 is 0 Å². The molecule has 0 aliphatic carbocycles. The molecule has 0 aliphatic rings. The highest BCUT2D eigenvalue weighted by molar-refractivity contribution is 5.76. The predicted molar refractivity (Wildman–Crippen MR) is 80.1 cm³/mol. The molecule has 1 rings (SSSR count). The van der Waals surface area contributed by atoms with Crippen LogP contribution < -0.4 is 9.47 Å². The summed E-state index contributed by atoms with van der Waals surface area (Å²) in [7, 11) is 4.39. The third-order valence-corrected chi connectivity index (χ3v) is 2.88. The van der Waals surface area contributed by atoms with E-state index < -0.39 is 17.7 Å². The van der Waals surface area contributed by atoms with E-state index in [4.69, 9.17) is 14.2 Å². The molecule has 1 aromatic rings. The van der Waals surface area contributed by atoms with Crippen molar-refractivity contribution in [1.29, 1.82) is 0 Å². The van der Waals surface area contributed by atoms with Crippen LogP contribution >= 0.6 is 0 Å². The van der Waals surface area contributed by atoms with Gasteiger partial charge in [-0.05, 0) is 20.8 Å². The number of aromatic nitrogens is 1. The fraction of sp³-hybridized carbons (Fsp3) is 0.533. The lowest BCUT2D eigenvalue weighted by Gasteiger charge is -2.29. The number of amides is 1. The van der Waals surface area contributed by atoms with Gasteiger partial charge in [0.2, 0.25) is 0 Å². The van der Waals surface area contributed by atoms with Crippen molar-refractivity contribution >= 4 is 12.4 Å². The van der Waals surface area contributed by atoms with Gasteiger partial charge in [-0.2, -0.15) is 0 Å². The first kappa shape index (κ1) is 17.7. The van der Waals surface area contributed by atoms with Crippen molar-refractivity contribution in [3.05, 3.63) is 18.0 Å². The molecule has 0 aliphatic heterocycles. The van der Waals surface area contributed by atoms with Gasteiger partial charge in [0.25, 0.3) is 0 Å². The van der Waals surface area contributed by atoms with Crippen LogP contribution in [0.1, 0.15) is 32.4 Å². The second-order valence-corrected chi connectivity index (χ2v) is 5.63. The molecule has 7 nitrogen and oxygen atoms in total. The van der Waals surface area contributed by atoms with E-state index in [9.17, 15) is 9.59 Å². The molecule has 0 bridgehead atoms. The minimum absolute atomic E-state index is 0.354. The van der Waals surface area contributed by atoms with Gasteiger partial charge in [-0.15, -0.1) is 0 Å². The van der Waals surface area contributed by atoms with E-state index in [0.717, 1.165) is 0 Å². The third-order valence-electron chi connectivity index (χ3n) is 2.88. The highest BCUT2D eigenvalue weighted by atomic mass is 16.6. The Morgan fingerprint density at radius 1 is 1.23 bits per heavy atom. The van der Waals surface area contributed by atoms with E-state index in [-0.39, 0.29) is 0 Å². The number of nitrogens with zero attached hydrogens (tertiary/aromatic N) is 2. The summed E-state index contributed by atoms with van der Waals surface area (Å²) >= 11 is 0. The van der Waals surface area contributed by atoms with E-state index in [1.54, 1.807) is 20.8 Å². The minimum atomic E-state index is -0.914.